The minimum atomic E-state index is -0.118. The first-order chi connectivity index (χ1) is 11.0. The summed E-state index contributed by atoms with van der Waals surface area (Å²) in [5, 5.41) is 2.93. The van der Waals surface area contributed by atoms with E-state index >= 15 is 0 Å². The summed E-state index contributed by atoms with van der Waals surface area (Å²) >= 11 is 0. The molecular formula is C18H24N2O3. The number of methoxy groups -OCH3 is 1. The topological polar surface area (TPSA) is 54.7 Å². The smallest absolute Gasteiger partial charge is 0.317 e. The van der Waals surface area contributed by atoms with E-state index in [-0.39, 0.29) is 12.1 Å². The summed E-state index contributed by atoms with van der Waals surface area (Å²) in [7, 11) is 3.43. The van der Waals surface area contributed by atoms with Crippen LogP contribution in [0.15, 0.2) is 41.0 Å². The molecule has 1 unspecified atom stereocenters. The van der Waals surface area contributed by atoms with E-state index in [2.05, 4.69) is 11.4 Å². The van der Waals surface area contributed by atoms with Crippen LogP contribution in [0.25, 0.3) is 0 Å². The highest BCUT2D eigenvalue weighted by atomic mass is 16.5. The maximum absolute atomic E-state index is 12.2. The number of aryl methyl sites for hydroxylation is 1. The second kappa shape index (κ2) is 7.72. The number of carbonyl (C=O) groups excluding carboxylic acids is 1. The molecule has 2 amide bonds. The van der Waals surface area contributed by atoms with Gasteiger partial charge in [0.25, 0.3) is 0 Å². The van der Waals surface area contributed by atoms with Crippen molar-refractivity contribution in [3.05, 3.63) is 53.5 Å². The highest BCUT2D eigenvalue weighted by Gasteiger charge is 2.18. The number of amides is 2. The molecule has 0 bridgehead atoms. The van der Waals surface area contributed by atoms with Crippen LogP contribution in [0, 0.1) is 6.92 Å². The van der Waals surface area contributed by atoms with Crippen molar-refractivity contribution in [1.82, 2.24) is 10.2 Å². The van der Waals surface area contributed by atoms with E-state index in [1.165, 1.54) is 0 Å². The van der Waals surface area contributed by atoms with E-state index in [4.69, 9.17) is 9.15 Å². The minimum absolute atomic E-state index is 0.107. The molecule has 0 fully saturated rings. The molecule has 1 aromatic carbocycles. The Balaban J connectivity index is 1.85. The molecule has 0 saturated carbocycles. The van der Waals surface area contributed by atoms with Crippen LogP contribution in [-0.4, -0.2) is 31.6 Å². The second-order valence-corrected chi connectivity index (χ2v) is 5.59. The van der Waals surface area contributed by atoms with Gasteiger partial charge in [-0.25, -0.2) is 4.79 Å². The number of furan rings is 1. The van der Waals surface area contributed by atoms with Crippen LogP contribution in [0.1, 0.15) is 29.9 Å². The number of rotatable bonds is 6. The second-order valence-electron chi connectivity index (χ2n) is 5.59. The van der Waals surface area contributed by atoms with Crippen molar-refractivity contribution in [2.45, 2.75) is 26.3 Å². The van der Waals surface area contributed by atoms with E-state index in [9.17, 15) is 4.79 Å². The molecule has 23 heavy (non-hydrogen) atoms. The number of hydrogen-bond acceptors (Lipinski definition) is 3. The van der Waals surface area contributed by atoms with Gasteiger partial charge in [0.2, 0.25) is 0 Å². The lowest BCUT2D eigenvalue weighted by molar-refractivity contribution is 0.187. The van der Waals surface area contributed by atoms with Gasteiger partial charge >= 0.3 is 6.03 Å². The molecule has 0 aliphatic rings. The van der Waals surface area contributed by atoms with Crippen molar-refractivity contribution in [2.24, 2.45) is 0 Å². The van der Waals surface area contributed by atoms with Crippen LogP contribution < -0.4 is 10.1 Å². The van der Waals surface area contributed by atoms with Gasteiger partial charge in [0.15, 0.2) is 0 Å². The lowest BCUT2D eigenvalue weighted by Gasteiger charge is -2.23. The van der Waals surface area contributed by atoms with E-state index in [0.717, 1.165) is 29.1 Å². The van der Waals surface area contributed by atoms with E-state index < -0.39 is 0 Å². The first-order valence-corrected chi connectivity index (χ1v) is 7.70. The van der Waals surface area contributed by atoms with Gasteiger partial charge in [-0.15, -0.1) is 0 Å². The van der Waals surface area contributed by atoms with Crippen molar-refractivity contribution < 1.29 is 13.9 Å². The summed E-state index contributed by atoms with van der Waals surface area (Å²) in [5.41, 5.74) is 2.24. The standard InChI is InChI=1S/C18H24N2O3/c1-13-7-8-15(12-17(13)22-4)9-10-19-18(21)20(3)14(2)16-6-5-11-23-16/h5-8,11-12,14H,9-10H2,1-4H3,(H,19,21). The maximum Gasteiger partial charge on any atom is 0.317 e. The van der Waals surface area contributed by atoms with Gasteiger partial charge in [-0.3, -0.25) is 0 Å². The molecule has 0 aliphatic carbocycles. The fourth-order valence-corrected chi connectivity index (χ4v) is 2.35. The molecule has 2 aromatic rings. The Morgan fingerprint density at radius 3 is 2.83 bits per heavy atom. The highest BCUT2D eigenvalue weighted by molar-refractivity contribution is 5.74. The van der Waals surface area contributed by atoms with Gasteiger partial charge in [0, 0.05) is 13.6 Å². The maximum atomic E-state index is 12.2. The number of urea groups is 1. The zero-order chi connectivity index (χ0) is 16.8. The van der Waals surface area contributed by atoms with Gasteiger partial charge in [-0.05, 0) is 49.6 Å². The van der Waals surface area contributed by atoms with Crippen molar-refractivity contribution in [3.63, 3.8) is 0 Å². The molecule has 5 heteroatoms. The third-order valence-corrected chi connectivity index (χ3v) is 4.02. The Morgan fingerprint density at radius 1 is 1.39 bits per heavy atom. The van der Waals surface area contributed by atoms with E-state index in [0.29, 0.717) is 6.54 Å². The number of hydrogen-bond donors (Lipinski definition) is 1. The van der Waals surface area contributed by atoms with E-state index in [1.54, 1.807) is 25.3 Å². The molecule has 0 radical (unpaired) electrons. The van der Waals surface area contributed by atoms with Gasteiger partial charge in [-0.1, -0.05) is 12.1 Å². The normalized spacial score (nSPS) is 11.8. The van der Waals surface area contributed by atoms with Gasteiger partial charge < -0.3 is 19.4 Å². The molecule has 1 N–H and O–H groups in total. The van der Waals surface area contributed by atoms with Crippen LogP contribution >= 0.6 is 0 Å². The molecule has 1 aromatic heterocycles. The van der Waals surface area contributed by atoms with Crippen LogP contribution in [0.5, 0.6) is 5.75 Å². The highest BCUT2D eigenvalue weighted by Crippen LogP contribution is 2.20. The first kappa shape index (κ1) is 16.9. The summed E-state index contributed by atoms with van der Waals surface area (Å²) in [6.07, 6.45) is 2.37. The van der Waals surface area contributed by atoms with Crippen LogP contribution in [0.2, 0.25) is 0 Å². The van der Waals surface area contributed by atoms with Crippen molar-refractivity contribution in [3.8, 4) is 5.75 Å². The summed E-state index contributed by atoms with van der Waals surface area (Å²) in [4.78, 5) is 13.8. The lowest BCUT2D eigenvalue weighted by atomic mass is 10.1. The molecule has 5 nitrogen and oxygen atoms in total. The Labute approximate surface area is 137 Å². The number of ether oxygens (including phenoxy) is 1. The van der Waals surface area contributed by atoms with Gasteiger partial charge in [0.05, 0.1) is 19.4 Å². The summed E-state index contributed by atoms with van der Waals surface area (Å²) in [5.74, 6) is 1.64. The Morgan fingerprint density at radius 2 is 2.17 bits per heavy atom. The molecule has 0 aliphatic heterocycles. The zero-order valence-corrected chi connectivity index (χ0v) is 14.1. The minimum Gasteiger partial charge on any atom is -0.496 e. The monoisotopic (exact) mass is 316 g/mol. The van der Waals surface area contributed by atoms with E-state index in [1.807, 2.05) is 38.1 Å². The van der Waals surface area contributed by atoms with Crippen LogP contribution in [0.4, 0.5) is 4.79 Å². The summed E-state index contributed by atoms with van der Waals surface area (Å²) in [6.45, 7) is 4.51. The fraction of sp³-hybridized carbons (Fsp3) is 0.389. The van der Waals surface area contributed by atoms with Gasteiger partial charge in [0.1, 0.15) is 11.5 Å². The third-order valence-electron chi connectivity index (χ3n) is 4.02. The summed E-state index contributed by atoms with van der Waals surface area (Å²) < 4.78 is 10.7. The largest absolute Gasteiger partial charge is 0.496 e. The Hall–Kier alpha value is -2.43. The fourth-order valence-electron chi connectivity index (χ4n) is 2.35. The number of carbonyl (C=O) groups is 1. The molecule has 1 heterocycles. The zero-order valence-electron chi connectivity index (χ0n) is 14.1. The predicted octanol–water partition coefficient (Wildman–Crippen LogP) is 3.54. The van der Waals surface area contributed by atoms with Crippen molar-refractivity contribution >= 4 is 6.03 Å². The first-order valence-electron chi connectivity index (χ1n) is 7.70. The molecule has 2 rings (SSSR count). The lowest BCUT2D eigenvalue weighted by Crippen LogP contribution is -2.39. The van der Waals surface area contributed by atoms with Crippen LogP contribution in [-0.2, 0) is 6.42 Å². The third kappa shape index (κ3) is 4.28. The number of nitrogens with one attached hydrogen (secondary N) is 1. The number of nitrogens with zero attached hydrogens (tertiary/aromatic N) is 1. The SMILES string of the molecule is COc1cc(CCNC(=O)N(C)C(C)c2ccco2)ccc1C. The molecule has 1 atom stereocenters. The molecule has 0 saturated heterocycles. The quantitative estimate of drug-likeness (QED) is 0.887. The summed E-state index contributed by atoms with van der Waals surface area (Å²) in [6, 6.07) is 9.56. The number of benzene rings is 1. The molecule has 124 valence electrons. The predicted molar refractivity (Wildman–Crippen MR) is 89.7 cm³/mol. The van der Waals surface area contributed by atoms with Crippen molar-refractivity contribution in [2.75, 3.05) is 20.7 Å². The van der Waals surface area contributed by atoms with Crippen LogP contribution in [0.3, 0.4) is 0 Å². The Bertz CT molecular complexity index is 638. The Kier molecular flexibility index (Phi) is 5.68. The van der Waals surface area contributed by atoms with Crippen molar-refractivity contribution in [1.29, 1.82) is 0 Å². The average Bonchev–Trinajstić information content (AvgIpc) is 3.09. The van der Waals surface area contributed by atoms with Gasteiger partial charge in [-0.2, -0.15) is 0 Å². The average molecular weight is 316 g/mol. The molecule has 0 spiro atoms. The molecular weight excluding hydrogens is 292 g/mol.